The Bertz CT molecular complexity index is 535. The van der Waals surface area contributed by atoms with Crippen LogP contribution in [-0.4, -0.2) is 43.0 Å². The molecule has 21 heavy (non-hydrogen) atoms. The number of anilines is 1. The number of rotatable bonds is 3. The SMILES string of the molecule is COc1ccc(N2C(=O)C[C@@H](N3CCCCC3)C2=O)cc1. The Morgan fingerprint density at radius 2 is 1.71 bits per heavy atom. The van der Waals surface area contributed by atoms with Crippen molar-refractivity contribution in [1.29, 1.82) is 0 Å². The standard InChI is InChI=1S/C16H20N2O3/c1-21-13-7-5-12(6-8-13)18-15(19)11-14(16(18)20)17-9-3-2-4-10-17/h5-8,14H,2-4,9-11H2,1H3/t14-/m1/s1. The van der Waals surface area contributed by atoms with Crippen molar-refractivity contribution in [3.63, 3.8) is 0 Å². The van der Waals surface area contributed by atoms with Gasteiger partial charge in [0, 0.05) is 0 Å². The molecule has 5 heteroatoms. The van der Waals surface area contributed by atoms with Gasteiger partial charge in [-0.2, -0.15) is 0 Å². The number of carbonyl (C=O) groups excluding carboxylic acids is 2. The predicted octanol–water partition coefficient (Wildman–Crippen LogP) is 1.81. The normalized spacial score (nSPS) is 23.7. The molecule has 112 valence electrons. The largest absolute Gasteiger partial charge is 0.497 e. The summed E-state index contributed by atoms with van der Waals surface area (Å²) in [7, 11) is 1.59. The number of methoxy groups -OCH3 is 1. The lowest BCUT2D eigenvalue weighted by molar-refractivity contribution is -0.123. The minimum atomic E-state index is -0.278. The molecule has 0 aliphatic carbocycles. The molecule has 3 rings (SSSR count). The molecular formula is C16H20N2O3. The van der Waals surface area contributed by atoms with Crippen LogP contribution in [0.1, 0.15) is 25.7 Å². The Labute approximate surface area is 124 Å². The zero-order chi connectivity index (χ0) is 14.8. The molecule has 0 aromatic heterocycles. The van der Waals surface area contributed by atoms with E-state index in [1.165, 1.54) is 11.3 Å². The van der Waals surface area contributed by atoms with E-state index in [0.717, 1.165) is 25.9 Å². The monoisotopic (exact) mass is 288 g/mol. The van der Waals surface area contributed by atoms with Crippen molar-refractivity contribution in [3.05, 3.63) is 24.3 Å². The minimum absolute atomic E-state index is 0.0907. The van der Waals surface area contributed by atoms with Crippen molar-refractivity contribution < 1.29 is 14.3 Å². The molecule has 2 saturated heterocycles. The zero-order valence-electron chi connectivity index (χ0n) is 12.2. The first kappa shape index (κ1) is 14.1. The lowest BCUT2D eigenvalue weighted by atomic mass is 10.1. The van der Waals surface area contributed by atoms with E-state index in [-0.39, 0.29) is 17.9 Å². The van der Waals surface area contributed by atoms with E-state index in [2.05, 4.69) is 4.90 Å². The first-order valence-electron chi connectivity index (χ1n) is 7.45. The maximum Gasteiger partial charge on any atom is 0.251 e. The van der Waals surface area contributed by atoms with Gasteiger partial charge >= 0.3 is 0 Å². The van der Waals surface area contributed by atoms with Crippen LogP contribution in [0.3, 0.4) is 0 Å². The van der Waals surface area contributed by atoms with Crippen LogP contribution in [0, 0.1) is 0 Å². The van der Waals surface area contributed by atoms with Crippen LogP contribution < -0.4 is 9.64 Å². The average molecular weight is 288 g/mol. The first-order chi connectivity index (χ1) is 10.2. The van der Waals surface area contributed by atoms with Gasteiger partial charge in [0.15, 0.2) is 0 Å². The number of piperidine rings is 1. The maximum absolute atomic E-state index is 12.6. The van der Waals surface area contributed by atoms with Gasteiger partial charge in [-0.25, -0.2) is 4.90 Å². The predicted molar refractivity (Wildman–Crippen MR) is 79.3 cm³/mol. The van der Waals surface area contributed by atoms with Crippen molar-refractivity contribution in [2.75, 3.05) is 25.1 Å². The third-order valence-corrected chi connectivity index (χ3v) is 4.28. The Morgan fingerprint density at radius 1 is 1.05 bits per heavy atom. The molecule has 1 aromatic carbocycles. The fourth-order valence-electron chi connectivity index (χ4n) is 3.13. The summed E-state index contributed by atoms with van der Waals surface area (Å²) in [5, 5.41) is 0. The van der Waals surface area contributed by atoms with Gasteiger partial charge < -0.3 is 4.74 Å². The minimum Gasteiger partial charge on any atom is -0.497 e. The van der Waals surface area contributed by atoms with E-state index in [0.29, 0.717) is 17.9 Å². The highest BCUT2D eigenvalue weighted by molar-refractivity contribution is 6.22. The molecule has 2 heterocycles. The van der Waals surface area contributed by atoms with E-state index >= 15 is 0 Å². The second kappa shape index (κ2) is 5.85. The smallest absolute Gasteiger partial charge is 0.251 e. The number of likely N-dealkylation sites (tertiary alicyclic amines) is 1. The summed E-state index contributed by atoms with van der Waals surface area (Å²) in [6.45, 7) is 1.83. The molecule has 1 aromatic rings. The van der Waals surface area contributed by atoms with Gasteiger partial charge in [0.05, 0.1) is 25.3 Å². The number of carbonyl (C=O) groups is 2. The van der Waals surface area contributed by atoms with E-state index in [1.54, 1.807) is 31.4 Å². The van der Waals surface area contributed by atoms with Crippen molar-refractivity contribution in [1.82, 2.24) is 4.90 Å². The summed E-state index contributed by atoms with van der Waals surface area (Å²) >= 11 is 0. The number of benzene rings is 1. The molecule has 2 fully saturated rings. The van der Waals surface area contributed by atoms with Crippen LogP contribution in [0.25, 0.3) is 0 Å². The van der Waals surface area contributed by atoms with Crippen LogP contribution >= 0.6 is 0 Å². The quantitative estimate of drug-likeness (QED) is 0.796. The highest BCUT2D eigenvalue weighted by atomic mass is 16.5. The Morgan fingerprint density at radius 3 is 2.33 bits per heavy atom. The Kier molecular flexibility index (Phi) is 3.92. The molecule has 0 radical (unpaired) electrons. The van der Waals surface area contributed by atoms with E-state index in [4.69, 9.17) is 4.74 Å². The van der Waals surface area contributed by atoms with Gasteiger partial charge in [0.1, 0.15) is 5.75 Å². The number of imide groups is 1. The molecule has 2 aliphatic heterocycles. The molecule has 0 unspecified atom stereocenters. The summed E-state index contributed by atoms with van der Waals surface area (Å²) in [6.07, 6.45) is 3.74. The van der Waals surface area contributed by atoms with Crippen LogP contribution in [0.15, 0.2) is 24.3 Å². The van der Waals surface area contributed by atoms with Gasteiger partial charge in [0.25, 0.3) is 5.91 Å². The van der Waals surface area contributed by atoms with Crippen LogP contribution in [-0.2, 0) is 9.59 Å². The highest BCUT2D eigenvalue weighted by Gasteiger charge is 2.42. The van der Waals surface area contributed by atoms with Crippen LogP contribution in [0.5, 0.6) is 5.75 Å². The number of nitrogens with zero attached hydrogens (tertiary/aromatic N) is 2. The maximum atomic E-state index is 12.6. The molecular weight excluding hydrogens is 268 g/mol. The van der Waals surface area contributed by atoms with Crippen LogP contribution in [0.4, 0.5) is 5.69 Å². The van der Waals surface area contributed by atoms with Crippen LogP contribution in [0.2, 0.25) is 0 Å². The second-order valence-electron chi connectivity index (χ2n) is 5.58. The third kappa shape index (κ3) is 2.65. The van der Waals surface area contributed by atoms with Gasteiger partial charge in [-0.1, -0.05) is 6.42 Å². The average Bonchev–Trinajstić information content (AvgIpc) is 2.83. The molecule has 0 N–H and O–H groups in total. The molecule has 0 spiro atoms. The first-order valence-corrected chi connectivity index (χ1v) is 7.45. The Balaban J connectivity index is 1.79. The highest BCUT2D eigenvalue weighted by Crippen LogP contribution is 2.28. The lowest BCUT2D eigenvalue weighted by Crippen LogP contribution is -2.44. The van der Waals surface area contributed by atoms with E-state index in [1.807, 2.05) is 0 Å². The zero-order valence-corrected chi connectivity index (χ0v) is 12.2. The topological polar surface area (TPSA) is 49.9 Å². The van der Waals surface area contributed by atoms with Crippen molar-refractivity contribution in [2.45, 2.75) is 31.7 Å². The summed E-state index contributed by atoms with van der Waals surface area (Å²) in [5.74, 6) is 0.512. The fraction of sp³-hybridized carbons (Fsp3) is 0.500. The molecule has 2 amide bonds. The lowest BCUT2D eigenvalue weighted by Gasteiger charge is -2.30. The van der Waals surface area contributed by atoms with E-state index in [9.17, 15) is 9.59 Å². The summed E-state index contributed by atoms with van der Waals surface area (Å²) < 4.78 is 5.11. The molecule has 0 saturated carbocycles. The van der Waals surface area contributed by atoms with Gasteiger partial charge in [-0.05, 0) is 50.2 Å². The van der Waals surface area contributed by atoms with Gasteiger partial charge in [-0.3, -0.25) is 14.5 Å². The van der Waals surface area contributed by atoms with Gasteiger partial charge in [-0.15, -0.1) is 0 Å². The number of hydrogen-bond acceptors (Lipinski definition) is 4. The third-order valence-electron chi connectivity index (χ3n) is 4.28. The van der Waals surface area contributed by atoms with Gasteiger partial charge in [0.2, 0.25) is 5.91 Å². The fourth-order valence-corrected chi connectivity index (χ4v) is 3.13. The molecule has 5 nitrogen and oxygen atoms in total. The summed E-state index contributed by atoms with van der Waals surface area (Å²) in [4.78, 5) is 28.3. The Hall–Kier alpha value is -1.88. The molecule has 0 bridgehead atoms. The number of amides is 2. The van der Waals surface area contributed by atoms with Crippen molar-refractivity contribution in [3.8, 4) is 5.75 Å². The van der Waals surface area contributed by atoms with Crippen molar-refractivity contribution in [2.24, 2.45) is 0 Å². The molecule has 1 atom stereocenters. The molecule has 2 aliphatic rings. The second-order valence-corrected chi connectivity index (χ2v) is 5.58. The number of hydrogen-bond donors (Lipinski definition) is 0. The van der Waals surface area contributed by atoms with E-state index < -0.39 is 0 Å². The summed E-state index contributed by atoms with van der Waals surface area (Å²) in [6, 6.07) is 6.77. The number of ether oxygens (including phenoxy) is 1. The van der Waals surface area contributed by atoms with Crippen molar-refractivity contribution >= 4 is 17.5 Å². The summed E-state index contributed by atoms with van der Waals surface area (Å²) in [5.41, 5.74) is 0.630.